The summed E-state index contributed by atoms with van der Waals surface area (Å²) in [5.41, 5.74) is 0. The molecule has 0 fully saturated rings. The monoisotopic (exact) mass is 308 g/mol. The SMILES string of the molecule is CCC/C=C/[PH](/C=C/CCC)(/C=C/CCC)/C=C/CCC. The second kappa shape index (κ2) is 14.3. The fourth-order valence-electron chi connectivity index (χ4n) is 2.15. The standard InChI is InChI=1S/C20H37P/c1-5-9-13-17-21(18-14-10-6-2,19-15-11-7-3)20-16-12-8-4/h13-21H,5-12H2,1-4H3/b17-13+,18-14+,19-15+,20-16+. The van der Waals surface area contributed by atoms with Crippen LogP contribution in [0.15, 0.2) is 47.6 Å². The molecule has 0 atom stereocenters. The van der Waals surface area contributed by atoms with Gasteiger partial charge in [0.1, 0.15) is 0 Å². The first-order chi connectivity index (χ1) is 10.2. The molecule has 0 saturated heterocycles. The molecular weight excluding hydrogens is 271 g/mol. The van der Waals surface area contributed by atoms with Crippen molar-refractivity contribution in [3.63, 3.8) is 0 Å². The van der Waals surface area contributed by atoms with Gasteiger partial charge in [-0.3, -0.25) is 0 Å². The maximum absolute atomic E-state index is 2.51. The van der Waals surface area contributed by atoms with E-state index in [2.05, 4.69) is 75.3 Å². The van der Waals surface area contributed by atoms with Crippen LogP contribution in [0.3, 0.4) is 0 Å². The third-order valence-corrected chi connectivity index (χ3v) is 6.70. The molecule has 21 heavy (non-hydrogen) atoms. The molecule has 1 heteroatoms. The summed E-state index contributed by atoms with van der Waals surface area (Å²) in [6.07, 6.45) is 19.3. The van der Waals surface area contributed by atoms with Gasteiger partial charge in [0.2, 0.25) is 0 Å². The molecule has 0 N–H and O–H groups in total. The zero-order valence-electron chi connectivity index (χ0n) is 14.8. The van der Waals surface area contributed by atoms with E-state index >= 15 is 0 Å². The summed E-state index contributed by atoms with van der Waals surface area (Å²) in [5.74, 6) is 10.1. The molecule has 0 rings (SSSR count). The quantitative estimate of drug-likeness (QED) is 0.320. The molecule has 0 aromatic rings. The van der Waals surface area contributed by atoms with Crippen LogP contribution < -0.4 is 0 Å². The Morgan fingerprint density at radius 1 is 0.476 bits per heavy atom. The van der Waals surface area contributed by atoms with Crippen molar-refractivity contribution in [2.75, 3.05) is 0 Å². The summed E-state index contributed by atoms with van der Waals surface area (Å²) in [4.78, 5) is 0. The van der Waals surface area contributed by atoms with Gasteiger partial charge >= 0.3 is 134 Å². The van der Waals surface area contributed by atoms with Crippen LogP contribution in [-0.4, -0.2) is 0 Å². The Kier molecular flexibility index (Phi) is 13.9. The number of allylic oxidation sites excluding steroid dienone is 4. The predicted octanol–water partition coefficient (Wildman–Crippen LogP) is 7.99. The molecule has 0 aliphatic carbocycles. The minimum absolute atomic E-state index is 1.19. The first-order valence-electron chi connectivity index (χ1n) is 8.95. The van der Waals surface area contributed by atoms with Gasteiger partial charge in [-0.25, -0.2) is 0 Å². The van der Waals surface area contributed by atoms with Gasteiger partial charge in [0.05, 0.1) is 0 Å². The normalized spacial score (nSPS) is 14.3. The molecule has 0 saturated carbocycles. The van der Waals surface area contributed by atoms with Gasteiger partial charge < -0.3 is 0 Å². The molecule has 122 valence electrons. The van der Waals surface area contributed by atoms with Crippen molar-refractivity contribution in [3.05, 3.63) is 47.6 Å². The topological polar surface area (TPSA) is 0 Å². The van der Waals surface area contributed by atoms with Crippen molar-refractivity contribution < 1.29 is 0 Å². The van der Waals surface area contributed by atoms with Gasteiger partial charge in [0, 0.05) is 0 Å². The molecule has 0 aliphatic rings. The van der Waals surface area contributed by atoms with Gasteiger partial charge in [-0.1, -0.05) is 0 Å². The fourth-order valence-corrected chi connectivity index (χ4v) is 5.12. The Morgan fingerprint density at radius 3 is 0.905 bits per heavy atom. The predicted molar refractivity (Wildman–Crippen MR) is 105 cm³/mol. The van der Waals surface area contributed by atoms with Crippen LogP contribution in [0.25, 0.3) is 0 Å². The molecule has 0 radical (unpaired) electrons. The third-order valence-electron chi connectivity index (χ3n) is 3.45. The molecular formula is C20H37P. The summed E-state index contributed by atoms with van der Waals surface area (Å²) < 4.78 is 0. The Morgan fingerprint density at radius 2 is 0.714 bits per heavy atom. The third kappa shape index (κ3) is 10.7. The second-order valence-electron chi connectivity index (χ2n) is 5.76. The van der Waals surface area contributed by atoms with Gasteiger partial charge in [-0.15, -0.1) is 0 Å². The summed E-state index contributed by atoms with van der Waals surface area (Å²) in [6, 6.07) is 0. The average molecular weight is 308 g/mol. The molecule has 0 aromatic carbocycles. The zero-order chi connectivity index (χ0) is 15.8. The molecule has 0 aliphatic heterocycles. The van der Waals surface area contributed by atoms with Crippen LogP contribution in [0.5, 0.6) is 0 Å². The van der Waals surface area contributed by atoms with Crippen molar-refractivity contribution in [1.29, 1.82) is 0 Å². The molecule has 0 aromatic heterocycles. The summed E-state index contributed by atoms with van der Waals surface area (Å²) >= 11 is 0. The van der Waals surface area contributed by atoms with E-state index in [1.807, 2.05) is 0 Å². The van der Waals surface area contributed by atoms with Gasteiger partial charge in [0.15, 0.2) is 0 Å². The van der Waals surface area contributed by atoms with E-state index in [-0.39, 0.29) is 0 Å². The Labute approximate surface area is 134 Å². The van der Waals surface area contributed by atoms with Crippen molar-refractivity contribution in [1.82, 2.24) is 0 Å². The zero-order valence-corrected chi connectivity index (χ0v) is 15.8. The van der Waals surface area contributed by atoms with E-state index in [0.717, 1.165) is 0 Å². The van der Waals surface area contributed by atoms with Crippen molar-refractivity contribution in [2.45, 2.75) is 79.1 Å². The first-order valence-corrected chi connectivity index (χ1v) is 11.3. The Hall–Kier alpha value is -0.610. The maximum atomic E-state index is 2.51. The summed E-state index contributed by atoms with van der Waals surface area (Å²) in [7, 11) is -1.67. The molecule has 0 nitrogen and oxygen atoms in total. The minimum atomic E-state index is -1.67. The van der Waals surface area contributed by atoms with Crippen LogP contribution in [0.2, 0.25) is 0 Å². The van der Waals surface area contributed by atoms with E-state index in [9.17, 15) is 0 Å². The number of hydrogen-bond donors (Lipinski definition) is 0. The van der Waals surface area contributed by atoms with Gasteiger partial charge in [0.25, 0.3) is 0 Å². The van der Waals surface area contributed by atoms with Crippen LogP contribution >= 0.6 is 7.26 Å². The molecule has 0 unspecified atom stereocenters. The van der Waals surface area contributed by atoms with E-state index in [1.165, 1.54) is 51.4 Å². The van der Waals surface area contributed by atoms with Crippen LogP contribution in [-0.2, 0) is 0 Å². The van der Waals surface area contributed by atoms with E-state index in [1.54, 1.807) is 0 Å². The number of unbranched alkanes of at least 4 members (excludes halogenated alkanes) is 4. The van der Waals surface area contributed by atoms with Crippen molar-refractivity contribution in [2.24, 2.45) is 0 Å². The molecule has 0 amide bonds. The Balaban J connectivity index is 5.24. The van der Waals surface area contributed by atoms with Crippen LogP contribution in [0, 0.1) is 0 Å². The van der Waals surface area contributed by atoms with Gasteiger partial charge in [-0.05, 0) is 0 Å². The van der Waals surface area contributed by atoms with E-state index < -0.39 is 7.26 Å². The second-order valence-corrected chi connectivity index (χ2v) is 9.10. The molecule has 0 bridgehead atoms. The fraction of sp³-hybridized carbons (Fsp3) is 0.600. The van der Waals surface area contributed by atoms with Crippen molar-refractivity contribution in [3.8, 4) is 0 Å². The number of hydrogen-bond acceptors (Lipinski definition) is 0. The molecule has 0 heterocycles. The van der Waals surface area contributed by atoms with Gasteiger partial charge in [-0.2, -0.15) is 0 Å². The van der Waals surface area contributed by atoms with Crippen LogP contribution in [0.4, 0.5) is 0 Å². The average Bonchev–Trinajstić information content (AvgIpc) is 2.48. The molecule has 0 spiro atoms. The van der Waals surface area contributed by atoms with Crippen molar-refractivity contribution >= 4 is 7.26 Å². The van der Waals surface area contributed by atoms with E-state index in [4.69, 9.17) is 0 Å². The Bertz CT molecular complexity index is 264. The summed E-state index contributed by atoms with van der Waals surface area (Å²) in [5, 5.41) is 0. The van der Waals surface area contributed by atoms with Crippen LogP contribution in [0.1, 0.15) is 79.1 Å². The first kappa shape index (κ1) is 20.4. The summed E-state index contributed by atoms with van der Waals surface area (Å²) in [6.45, 7) is 9.00. The van der Waals surface area contributed by atoms with E-state index in [0.29, 0.717) is 0 Å². The number of rotatable bonds is 12.